The topological polar surface area (TPSA) is 58.2 Å². The van der Waals surface area contributed by atoms with Crippen LogP contribution in [-0.2, 0) is 23.0 Å². The van der Waals surface area contributed by atoms with Crippen LogP contribution in [0.4, 0.5) is 0 Å². The number of rotatable bonds is 8. The fourth-order valence-corrected chi connectivity index (χ4v) is 4.16. The molecule has 1 saturated carbocycles. The smallest absolute Gasteiger partial charge is 0.241 e. The quantitative estimate of drug-likeness (QED) is 0.726. The van der Waals surface area contributed by atoms with Gasteiger partial charge >= 0.3 is 0 Å². The average Bonchev–Trinajstić information content (AvgIpc) is 3.15. The Morgan fingerprint density at radius 2 is 1.95 bits per heavy atom. The second-order valence-corrected chi connectivity index (χ2v) is 7.79. The number of aryl methyl sites for hydroxylation is 1. The normalized spacial score (nSPS) is 16.9. The first-order valence-electron chi connectivity index (χ1n) is 7.77. The largest absolute Gasteiger partial charge is 0.313 e. The molecule has 0 radical (unpaired) electrons. The first kappa shape index (κ1) is 16.5. The van der Waals surface area contributed by atoms with Gasteiger partial charge in [0.05, 0.1) is 4.90 Å². The lowest BCUT2D eigenvalue weighted by Crippen LogP contribution is -2.34. The zero-order chi connectivity index (χ0) is 15.5. The third-order valence-electron chi connectivity index (χ3n) is 3.94. The lowest BCUT2D eigenvalue weighted by Gasteiger charge is -2.16. The fraction of sp³-hybridized carbons (Fsp3) is 0.625. The Hall–Kier alpha value is -0.910. The van der Waals surface area contributed by atoms with Gasteiger partial charge in [-0.2, -0.15) is 0 Å². The van der Waals surface area contributed by atoms with Crippen molar-refractivity contribution in [2.75, 3.05) is 6.54 Å². The molecular weight excluding hydrogens is 284 g/mol. The molecule has 1 aliphatic rings. The van der Waals surface area contributed by atoms with Gasteiger partial charge in [-0.25, -0.2) is 13.1 Å². The summed E-state index contributed by atoms with van der Waals surface area (Å²) in [5.74, 6) is 0. The number of hydrogen-bond donors (Lipinski definition) is 2. The highest BCUT2D eigenvalue weighted by Gasteiger charge is 2.41. The van der Waals surface area contributed by atoms with Crippen LogP contribution in [-0.4, -0.2) is 20.5 Å². The van der Waals surface area contributed by atoms with Gasteiger partial charge in [0, 0.05) is 12.1 Å². The predicted molar refractivity (Wildman–Crippen MR) is 85.8 cm³/mol. The van der Waals surface area contributed by atoms with Crippen molar-refractivity contribution in [1.82, 2.24) is 10.0 Å². The van der Waals surface area contributed by atoms with E-state index in [4.69, 9.17) is 0 Å². The molecule has 0 amide bonds. The highest BCUT2D eigenvalue weighted by Crippen LogP contribution is 2.36. The molecule has 21 heavy (non-hydrogen) atoms. The van der Waals surface area contributed by atoms with Crippen LogP contribution in [0.2, 0.25) is 0 Å². The highest BCUT2D eigenvalue weighted by molar-refractivity contribution is 7.89. The van der Waals surface area contributed by atoms with Crippen molar-refractivity contribution in [2.45, 2.75) is 63.4 Å². The first-order chi connectivity index (χ1) is 9.90. The summed E-state index contributed by atoms with van der Waals surface area (Å²) in [6, 6.07) is 5.77. The number of hydrogen-bond acceptors (Lipinski definition) is 3. The maximum Gasteiger partial charge on any atom is 0.241 e. The van der Waals surface area contributed by atoms with E-state index < -0.39 is 10.0 Å². The van der Waals surface area contributed by atoms with E-state index in [-0.39, 0.29) is 5.54 Å². The molecule has 118 valence electrons. The van der Waals surface area contributed by atoms with E-state index in [0.29, 0.717) is 11.4 Å². The molecule has 0 bridgehead atoms. The van der Waals surface area contributed by atoms with Gasteiger partial charge in [0.2, 0.25) is 10.0 Å². The van der Waals surface area contributed by atoms with Crippen LogP contribution in [0.5, 0.6) is 0 Å². The molecule has 0 atom stereocenters. The molecule has 1 aromatic carbocycles. The van der Waals surface area contributed by atoms with Crippen molar-refractivity contribution in [3.63, 3.8) is 0 Å². The van der Waals surface area contributed by atoms with Crippen LogP contribution < -0.4 is 10.0 Å². The van der Waals surface area contributed by atoms with Crippen LogP contribution in [0.1, 0.15) is 51.2 Å². The van der Waals surface area contributed by atoms with Crippen molar-refractivity contribution in [3.05, 3.63) is 29.3 Å². The lowest BCUT2D eigenvalue weighted by molar-refractivity contribution is 0.556. The van der Waals surface area contributed by atoms with E-state index in [1.165, 1.54) is 0 Å². The molecule has 1 aliphatic carbocycles. The van der Waals surface area contributed by atoms with Gasteiger partial charge in [0.1, 0.15) is 0 Å². The van der Waals surface area contributed by atoms with Gasteiger partial charge in [-0.3, -0.25) is 0 Å². The van der Waals surface area contributed by atoms with E-state index in [0.717, 1.165) is 43.4 Å². The summed E-state index contributed by atoms with van der Waals surface area (Å²) in [6.45, 7) is 7.71. The van der Waals surface area contributed by atoms with E-state index in [9.17, 15) is 8.42 Å². The average molecular weight is 310 g/mol. The standard InChI is InChI=1S/C16H26N2O2S/c1-4-10-17-12-13-6-7-14(5-2)15(11-13)21(19,20)18-16(3)8-9-16/h6-7,11,17-18H,4-5,8-10,12H2,1-3H3. The van der Waals surface area contributed by atoms with Gasteiger partial charge in [-0.15, -0.1) is 0 Å². The third-order valence-corrected chi connectivity index (χ3v) is 5.66. The molecular formula is C16H26N2O2S. The molecule has 1 aromatic rings. The van der Waals surface area contributed by atoms with Crippen LogP contribution in [0.15, 0.2) is 23.1 Å². The molecule has 0 aliphatic heterocycles. The summed E-state index contributed by atoms with van der Waals surface area (Å²) < 4.78 is 28.1. The summed E-state index contributed by atoms with van der Waals surface area (Å²) in [7, 11) is -3.43. The second-order valence-electron chi connectivity index (χ2n) is 6.14. The van der Waals surface area contributed by atoms with E-state index in [1.54, 1.807) is 0 Å². The molecule has 5 heteroatoms. The maximum absolute atomic E-state index is 12.6. The third kappa shape index (κ3) is 4.28. The van der Waals surface area contributed by atoms with Gasteiger partial charge < -0.3 is 5.32 Å². The minimum absolute atomic E-state index is 0.236. The Labute approximate surface area is 128 Å². The molecule has 0 heterocycles. The summed E-state index contributed by atoms with van der Waals surface area (Å²) in [5.41, 5.74) is 1.66. The Kier molecular flexibility index (Phi) is 5.07. The molecule has 2 rings (SSSR count). The molecule has 0 spiro atoms. The predicted octanol–water partition coefficient (Wildman–Crippen LogP) is 2.58. The Bertz CT molecular complexity index is 592. The van der Waals surface area contributed by atoms with E-state index in [2.05, 4.69) is 17.0 Å². The lowest BCUT2D eigenvalue weighted by atomic mass is 10.1. The Balaban J connectivity index is 2.24. The van der Waals surface area contributed by atoms with Crippen molar-refractivity contribution in [2.24, 2.45) is 0 Å². The first-order valence-corrected chi connectivity index (χ1v) is 9.25. The van der Waals surface area contributed by atoms with Crippen LogP contribution in [0, 0.1) is 0 Å². The van der Waals surface area contributed by atoms with Crippen LogP contribution >= 0.6 is 0 Å². The van der Waals surface area contributed by atoms with Crippen molar-refractivity contribution < 1.29 is 8.42 Å². The number of nitrogens with one attached hydrogen (secondary N) is 2. The summed E-state index contributed by atoms with van der Waals surface area (Å²) in [4.78, 5) is 0.439. The minimum Gasteiger partial charge on any atom is -0.313 e. The zero-order valence-electron chi connectivity index (χ0n) is 13.2. The SMILES string of the molecule is CCCNCc1ccc(CC)c(S(=O)(=O)NC2(C)CC2)c1. The second kappa shape index (κ2) is 6.46. The molecule has 0 aromatic heterocycles. The summed E-state index contributed by atoms with van der Waals surface area (Å²) in [5, 5.41) is 3.31. The van der Waals surface area contributed by atoms with Gasteiger partial charge in [0.15, 0.2) is 0 Å². The van der Waals surface area contributed by atoms with E-state index >= 15 is 0 Å². The van der Waals surface area contributed by atoms with Gasteiger partial charge in [-0.1, -0.05) is 26.0 Å². The Morgan fingerprint density at radius 1 is 1.24 bits per heavy atom. The molecule has 4 nitrogen and oxygen atoms in total. The number of sulfonamides is 1. The highest BCUT2D eigenvalue weighted by atomic mass is 32.2. The van der Waals surface area contributed by atoms with Crippen LogP contribution in [0.25, 0.3) is 0 Å². The van der Waals surface area contributed by atoms with Crippen molar-refractivity contribution in [3.8, 4) is 0 Å². The van der Waals surface area contributed by atoms with Crippen LogP contribution in [0.3, 0.4) is 0 Å². The molecule has 2 N–H and O–H groups in total. The Morgan fingerprint density at radius 3 is 2.52 bits per heavy atom. The molecule has 0 unspecified atom stereocenters. The molecule has 0 saturated heterocycles. The van der Waals surface area contributed by atoms with Crippen molar-refractivity contribution >= 4 is 10.0 Å². The number of benzene rings is 1. The van der Waals surface area contributed by atoms with Gasteiger partial charge in [0.25, 0.3) is 0 Å². The minimum atomic E-state index is -3.43. The zero-order valence-corrected chi connectivity index (χ0v) is 14.0. The fourth-order valence-electron chi connectivity index (χ4n) is 2.33. The van der Waals surface area contributed by atoms with E-state index in [1.807, 2.05) is 32.0 Å². The van der Waals surface area contributed by atoms with Crippen molar-refractivity contribution in [1.29, 1.82) is 0 Å². The summed E-state index contributed by atoms with van der Waals surface area (Å²) in [6.07, 6.45) is 3.63. The summed E-state index contributed by atoms with van der Waals surface area (Å²) >= 11 is 0. The van der Waals surface area contributed by atoms with Gasteiger partial charge in [-0.05, 0) is 56.3 Å². The maximum atomic E-state index is 12.6. The monoisotopic (exact) mass is 310 g/mol. The molecule has 1 fully saturated rings.